The minimum atomic E-state index is -5.76. The Morgan fingerprint density at radius 1 is 0.825 bits per heavy atom. The van der Waals surface area contributed by atoms with Gasteiger partial charge in [-0.15, -0.1) is 13.2 Å². The summed E-state index contributed by atoms with van der Waals surface area (Å²) < 4.78 is 151. The van der Waals surface area contributed by atoms with Crippen LogP contribution in [0.15, 0.2) is 48.5 Å². The number of hydrogen-bond donors (Lipinski definition) is 2. The molecule has 1 saturated carbocycles. The molecule has 2 aromatic carbocycles. The summed E-state index contributed by atoms with van der Waals surface area (Å²) in [7, 11) is 0. The van der Waals surface area contributed by atoms with Crippen LogP contribution >= 0.6 is 0 Å². The third-order valence-corrected chi connectivity index (χ3v) is 6.75. The van der Waals surface area contributed by atoms with Crippen LogP contribution in [0.25, 0.3) is 0 Å². The van der Waals surface area contributed by atoms with E-state index in [4.69, 9.17) is 4.74 Å². The molecule has 0 heterocycles. The summed E-state index contributed by atoms with van der Waals surface area (Å²) in [6, 6.07) is 10.2. The van der Waals surface area contributed by atoms with Crippen molar-refractivity contribution in [3.63, 3.8) is 0 Å². The van der Waals surface area contributed by atoms with Gasteiger partial charge in [-0.05, 0) is 67.6 Å². The van der Waals surface area contributed by atoms with Gasteiger partial charge >= 0.3 is 24.6 Å². The van der Waals surface area contributed by atoms with Crippen LogP contribution in [0, 0.1) is 5.92 Å². The van der Waals surface area contributed by atoms with Crippen LogP contribution < -0.4 is 14.8 Å². The van der Waals surface area contributed by atoms with Crippen molar-refractivity contribution >= 4 is 0 Å². The van der Waals surface area contributed by atoms with Crippen LogP contribution in [-0.2, 0) is 5.41 Å². The molecule has 1 atom stereocenters. The first-order valence-corrected chi connectivity index (χ1v) is 11.9. The van der Waals surface area contributed by atoms with E-state index in [1.165, 1.54) is 36.4 Å². The van der Waals surface area contributed by atoms with E-state index in [-0.39, 0.29) is 30.9 Å². The maximum absolute atomic E-state index is 14.0. The largest absolute Gasteiger partial charge is 0.573 e. The van der Waals surface area contributed by atoms with Crippen molar-refractivity contribution < 1.29 is 62.9 Å². The predicted molar refractivity (Wildman–Crippen MR) is 119 cm³/mol. The van der Waals surface area contributed by atoms with Crippen LogP contribution in [0.1, 0.15) is 31.2 Å². The quantitative estimate of drug-likeness (QED) is 0.295. The first-order chi connectivity index (χ1) is 18.3. The summed E-state index contributed by atoms with van der Waals surface area (Å²) in [5.74, 6) is -7.28. The van der Waals surface area contributed by atoms with Gasteiger partial charge in [0.05, 0.1) is 0 Å². The van der Waals surface area contributed by atoms with Crippen molar-refractivity contribution in [2.75, 3.05) is 13.1 Å². The van der Waals surface area contributed by atoms with Crippen LogP contribution in [0.4, 0.5) is 48.3 Å². The molecule has 0 aromatic heterocycles. The zero-order valence-electron chi connectivity index (χ0n) is 20.4. The van der Waals surface area contributed by atoms with E-state index in [1.54, 1.807) is 0 Å². The fourth-order valence-electron chi connectivity index (χ4n) is 4.63. The van der Waals surface area contributed by atoms with E-state index in [1.807, 2.05) is 0 Å². The van der Waals surface area contributed by atoms with Crippen molar-refractivity contribution in [1.82, 2.24) is 5.32 Å². The van der Waals surface area contributed by atoms with Gasteiger partial charge in [-0.2, -0.15) is 35.1 Å². The second-order valence-corrected chi connectivity index (χ2v) is 9.51. The zero-order chi connectivity index (χ0) is 30.0. The summed E-state index contributed by atoms with van der Waals surface area (Å²) in [5, 5.41) is 11.7. The molecule has 4 nitrogen and oxygen atoms in total. The summed E-state index contributed by atoms with van der Waals surface area (Å²) >= 11 is 0. The van der Waals surface area contributed by atoms with E-state index in [2.05, 4.69) is 10.1 Å². The van der Waals surface area contributed by atoms with Gasteiger partial charge in [-0.1, -0.05) is 12.1 Å². The maximum atomic E-state index is 14.0. The van der Waals surface area contributed by atoms with Gasteiger partial charge in [0.25, 0.3) is 0 Å². The molecule has 15 heteroatoms. The van der Waals surface area contributed by atoms with E-state index in [0.717, 1.165) is 12.1 Å². The number of aliphatic hydroxyl groups is 1. The number of halogens is 11. The van der Waals surface area contributed by atoms with Gasteiger partial charge < -0.3 is 19.9 Å². The Balaban J connectivity index is 1.82. The van der Waals surface area contributed by atoms with Gasteiger partial charge in [0.2, 0.25) is 0 Å². The Kier molecular flexibility index (Phi) is 9.19. The molecule has 0 saturated heterocycles. The molecule has 0 amide bonds. The topological polar surface area (TPSA) is 50.7 Å². The Morgan fingerprint density at radius 3 is 1.93 bits per heavy atom. The molecule has 224 valence electrons. The molecule has 1 aliphatic carbocycles. The summed E-state index contributed by atoms with van der Waals surface area (Å²) in [5.41, 5.74) is -0.822. The molecule has 2 N–H and O–H groups in total. The normalized spacial score (nSPS) is 21.6. The van der Waals surface area contributed by atoms with Gasteiger partial charge in [0.1, 0.15) is 17.2 Å². The van der Waals surface area contributed by atoms with Gasteiger partial charge in [0, 0.05) is 24.4 Å². The van der Waals surface area contributed by atoms with Crippen LogP contribution in [0.3, 0.4) is 0 Å². The molecule has 0 aliphatic heterocycles. The third kappa shape index (κ3) is 7.89. The van der Waals surface area contributed by atoms with Gasteiger partial charge in [-0.25, -0.2) is 0 Å². The number of rotatable bonds is 9. The highest BCUT2D eigenvalue weighted by molar-refractivity contribution is 5.39. The second-order valence-electron chi connectivity index (χ2n) is 9.51. The average Bonchev–Trinajstić information content (AvgIpc) is 2.83. The van der Waals surface area contributed by atoms with Crippen LogP contribution in [0.2, 0.25) is 0 Å². The molecular weight excluding hydrogens is 571 g/mol. The molecule has 1 fully saturated rings. The zero-order valence-corrected chi connectivity index (χ0v) is 20.4. The van der Waals surface area contributed by atoms with E-state index in [0.29, 0.717) is 5.56 Å². The minimum absolute atomic E-state index is 0.0840. The van der Waals surface area contributed by atoms with Crippen molar-refractivity contribution in [3.8, 4) is 17.2 Å². The number of alkyl halides is 11. The summed E-state index contributed by atoms with van der Waals surface area (Å²) in [4.78, 5) is 0. The van der Waals surface area contributed by atoms with E-state index in [9.17, 15) is 53.4 Å². The van der Waals surface area contributed by atoms with Gasteiger partial charge in [-0.3, -0.25) is 0 Å². The molecule has 2 aromatic rings. The molecule has 0 spiro atoms. The lowest BCUT2D eigenvalue weighted by Gasteiger charge is -2.43. The fraction of sp³-hybridized carbons (Fsp3) is 0.520. The maximum Gasteiger partial charge on any atom is 0.573 e. The number of benzene rings is 2. The molecule has 0 bridgehead atoms. The fourth-order valence-corrected chi connectivity index (χ4v) is 4.63. The first-order valence-electron chi connectivity index (χ1n) is 11.9. The number of hydrogen-bond acceptors (Lipinski definition) is 4. The highest BCUT2D eigenvalue weighted by Crippen LogP contribution is 2.51. The van der Waals surface area contributed by atoms with E-state index < -0.39 is 67.2 Å². The lowest BCUT2D eigenvalue weighted by Crippen LogP contribution is -2.50. The van der Waals surface area contributed by atoms with E-state index >= 15 is 0 Å². The highest BCUT2D eigenvalue weighted by atomic mass is 19.4. The monoisotopic (exact) mass is 595 g/mol. The van der Waals surface area contributed by atoms with Crippen molar-refractivity contribution in [1.29, 1.82) is 0 Å². The molecule has 40 heavy (non-hydrogen) atoms. The Morgan fingerprint density at radius 2 is 1.40 bits per heavy atom. The Bertz CT molecular complexity index is 1110. The Labute approximate surface area is 221 Å². The molecular formula is C25H24F11NO3. The first kappa shape index (κ1) is 31.7. The predicted octanol–water partition coefficient (Wildman–Crippen LogP) is 7.52. The minimum Gasteiger partial charge on any atom is -0.457 e. The molecule has 3 rings (SSSR count). The van der Waals surface area contributed by atoms with Crippen LogP contribution in [0.5, 0.6) is 17.2 Å². The molecule has 1 aliphatic rings. The average molecular weight is 595 g/mol. The van der Waals surface area contributed by atoms with Crippen molar-refractivity contribution in [2.45, 2.75) is 61.8 Å². The van der Waals surface area contributed by atoms with Crippen molar-refractivity contribution in [2.24, 2.45) is 5.92 Å². The summed E-state index contributed by atoms with van der Waals surface area (Å²) in [6.07, 6.45) is -20.0. The number of aliphatic hydroxyl groups excluding tert-OH is 1. The van der Waals surface area contributed by atoms with Gasteiger partial charge in [0.15, 0.2) is 6.10 Å². The summed E-state index contributed by atoms with van der Waals surface area (Å²) in [6.45, 7) is -1.21. The number of ether oxygens (including phenoxy) is 2. The number of nitrogens with one attached hydrogen (secondary N) is 1. The standard InChI is InChI=1S/C25H24F11NO3/c26-22(27,24(31,32)33)15-8-10-21(11-9-15,14-37-13-20(38)23(28,29)30)16-2-1-3-19(12-16)39-17-4-6-18(7-5-17)40-25(34,35)36/h1-7,12,15,20,37-38H,8-11,13-14H2. The Hall–Kier alpha value is -2.81. The smallest absolute Gasteiger partial charge is 0.457 e. The molecule has 1 unspecified atom stereocenters. The second kappa shape index (κ2) is 11.6. The molecule has 0 radical (unpaired) electrons. The lowest BCUT2D eigenvalue weighted by atomic mass is 9.65. The van der Waals surface area contributed by atoms with Crippen molar-refractivity contribution in [3.05, 3.63) is 54.1 Å². The SMILES string of the molecule is OC(CNCC1(c2cccc(Oc3ccc(OC(F)(F)F)cc3)c2)CCC(C(F)(F)C(F)(F)F)CC1)C(F)(F)F. The third-order valence-electron chi connectivity index (χ3n) is 6.75. The highest BCUT2D eigenvalue weighted by Gasteiger charge is 2.62. The lowest BCUT2D eigenvalue weighted by molar-refractivity contribution is -0.306. The van der Waals surface area contributed by atoms with Crippen LogP contribution in [-0.4, -0.2) is 48.9 Å².